The lowest BCUT2D eigenvalue weighted by molar-refractivity contribution is -0.110. The zero-order valence-electron chi connectivity index (χ0n) is 7.07. The first-order valence-corrected chi connectivity index (χ1v) is 4.51. The van der Waals surface area contributed by atoms with Crippen LogP contribution in [0.5, 0.6) is 0 Å². The first-order valence-electron chi connectivity index (χ1n) is 3.74. The molecule has 0 amide bonds. The summed E-state index contributed by atoms with van der Waals surface area (Å²) in [5, 5.41) is -0.320. The topological polar surface area (TPSA) is 46.5 Å². The van der Waals surface area contributed by atoms with Gasteiger partial charge in [0.2, 0.25) is 11.2 Å². The summed E-state index contributed by atoms with van der Waals surface area (Å²) < 4.78 is 15.7. The Balaban J connectivity index is 2.60. The molecular formula is C9H6FNO2S. The largest absolute Gasteiger partial charge is 0.285 e. The van der Waals surface area contributed by atoms with Gasteiger partial charge in [-0.05, 0) is 17.7 Å². The average Bonchev–Trinajstić information content (AvgIpc) is 2.15. The van der Waals surface area contributed by atoms with Crippen LogP contribution in [0.15, 0.2) is 28.7 Å². The van der Waals surface area contributed by atoms with Crippen LogP contribution in [0.3, 0.4) is 0 Å². The maximum Gasteiger partial charge on any atom is 0.247 e. The van der Waals surface area contributed by atoms with Gasteiger partial charge in [0.1, 0.15) is 5.82 Å². The summed E-state index contributed by atoms with van der Waals surface area (Å²) in [5.74, 6) is -0.390. The molecule has 1 rings (SSSR count). The van der Waals surface area contributed by atoms with Gasteiger partial charge in [0, 0.05) is 6.42 Å². The van der Waals surface area contributed by atoms with E-state index in [1.165, 1.54) is 24.3 Å². The molecule has 72 valence electrons. The Labute approximate surface area is 84.2 Å². The molecule has 0 spiro atoms. The molecule has 0 bridgehead atoms. The van der Waals surface area contributed by atoms with Gasteiger partial charge < -0.3 is 0 Å². The monoisotopic (exact) mass is 211 g/mol. The summed E-state index contributed by atoms with van der Waals surface area (Å²) >= 11 is 0.517. The van der Waals surface area contributed by atoms with Crippen LogP contribution in [0.2, 0.25) is 0 Å². The third kappa shape index (κ3) is 3.51. The summed E-state index contributed by atoms with van der Waals surface area (Å²) in [4.78, 5) is 20.7. The van der Waals surface area contributed by atoms with Crippen molar-refractivity contribution in [3.63, 3.8) is 0 Å². The average molecular weight is 211 g/mol. The van der Waals surface area contributed by atoms with Crippen LogP contribution in [-0.2, 0) is 16.0 Å². The van der Waals surface area contributed by atoms with Crippen LogP contribution in [0.1, 0.15) is 5.56 Å². The quantitative estimate of drug-likeness (QED) is 0.435. The Morgan fingerprint density at radius 3 is 3.00 bits per heavy atom. The molecule has 5 heteroatoms. The molecule has 0 aliphatic rings. The lowest BCUT2D eigenvalue weighted by Crippen LogP contribution is -1.96. The Hall–Kier alpha value is -1.45. The smallest absolute Gasteiger partial charge is 0.247 e. The van der Waals surface area contributed by atoms with Gasteiger partial charge in [-0.2, -0.15) is 0 Å². The maximum atomic E-state index is 12.7. The van der Waals surface area contributed by atoms with Crippen LogP contribution in [0, 0.1) is 5.82 Å². The van der Waals surface area contributed by atoms with E-state index in [4.69, 9.17) is 0 Å². The van der Waals surface area contributed by atoms with E-state index in [9.17, 15) is 14.0 Å². The first-order chi connectivity index (χ1) is 6.72. The van der Waals surface area contributed by atoms with Gasteiger partial charge in [-0.15, -0.1) is 4.40 Å². The maximum absolute atomic E-state index is 12.7. The van der Waals surface area contributed by atoms with Crippen LogP contribution < -0.4 is 0 Å². The molecule has 1 aromatic rings. The highest BCUT2D eigenvalue weighted by atomic mass is 32.2. The lowest BCUT2D eigenvalue weighted by atomic mass is 10.2. The highest BCUT2D eigenvalue weighted by Gasteiger charge is 2.04. The second-order valence-electron chi connectivity index (χ2n) is 2.45. The van der Waals surface area contributed by atoms with Gasteiger partial charge in [0.25, 0.3) is 0 Å². The van der Waals surface area contributed by atoms with E-state index < -0.39 is 0 Å². The molecule has 14 heavy (non-hydrogen) atoms. The molecule has 0 N–H and O–H groups in total. The van der Waals surface area contributed by atoms with Gasteiger partial charge in [-0.3, -0.25) is 4.79 Å². The molecule has 0 fully saturated rings. The number of carbonyl (C=O) groups is 1. The molecule has 0 unspecified atom stereocenters. The molecule has 0 heterocycles. The van der Waals surface area contributed by atoms with E-state index in [1.807, 2.05) is 0 Å². The van der Waals surface area contributed by atoms with E-state index in [0.29, 0.717) is 17.5 Å². The highest BCUT2D eigenvalue weighted by Crippen LogP contribution is 2.10. The van der Waals surface area contributed by atoms with Crippen molar-refractivity contribution >= 4 is 23.1 Å². The molecule has 0 aliphatic heterocycles. The minimum Gasteiger partial charge on any atom is -0.285 e. The highest BCUT2D eigenvalue weighted by molar-refractivity contribution is 8.12. The Morgan fingerprint density at radius 1 is 1.57 bits per heavy atom. The molecule has 0 saturated heterocycles. The van der Waals surface area contributed by atoms with Crippen LogP contribution in [-0.4, -0.2) is 11.2 Å². The number of benzene rings is 1. The molecule has 0 saturated carbocycles. The Kier molecular flexibility index (Phi) is 4.04. The number of nitrogens with zero attached hydrogens (tertiary/aromatic N) is 1. The number of carbonyl (C=O) groups excluding carboxylic acids is 2. The number of isocyanates is 1. The summed E-state index contributed by atoms with van der Waals surface area (Å²) in [5.41, 5.74) is 0.559. The molecule has 1 aromatic carbocycles. The number of hydrogen-bond donors (Lipinski definition) is 0. The summed E-state index contributed by atoms with van der Waals surface area (Å²) in [7, 11) is 0. The summed E-state index contributed by atoms with van der Waals surface area (Å²) in [6, 6.07) is 5.71. The van der Waals surface area contributed by atoms with Gasteiger partial charge in [-0.1, -0.05) is 12.1 Å². The normalized spacial score (nSPS) is 9.21. The molecule has 3 nitrogen and oxygen atoms in total. The van der Waals surface area contributed by atoms with E-state index in [2.05, 4.69) is 4.40 Å². The van der Waals surface area contributed by atoms with E-state index in [-0.39, 0.29) is 17.4 Å². The van der Waals surface area contributed by atoms with Crippen LogP contribution >= 0.6 is 11.9 Å². The third-order valence-electron chi connectivity index (χ3n) is 1.42. The second-order valence-corrected chi connectivity index (χ2v) is 3.27. The standard InChI is InChI=1S/C9H6FNO2S/c10-8-3-1-2-7(4-8)5-9(13)14-11-6-12/h1-4H,5H2. The number of hydrogen-bond acceptors (Lipinski definition) is 4. The van der Waals surface area contributed by atoms with Crippen molar-refractivity contribution in [1.82, 2.24) is 0 Å². The van der Waals surface area contributed by atoms with Crippen molar-refractivity contribution in [3.05, 3.63) is 35.6 Å². The zero-order chi connectivity index (χ0) is 10.4. The second kappa shape index (κ2) is 5.32. The molecule has 0 aromatic heterocycles. The van der Waals surface area contributed by atoms with Crippen molar-refractivity contribution < 1.29 is 14.0 Å². The number of rotatable bonds is 3. The zero-order valence-corrected chi connectivity index (χ0v) is 7.88. The van der Waals surface area contributed by atoms with Gasteiger partial charge >= 0.3 is 0 Å². The molecule has 0 radical (unpaired) electrons. The van der Waals surface area contributed by atoms with Crippen molar-refractivity contribution in [2.75, 3.05) is 0 Å². The Morgan fingerprint density at radius 2 is 2.36 bits per heavy atom. The predicted molar refractivity (Wildman–Crippen MR) is 50.8 cm³/mol. The van der Waals surface area contributed by atoms with E-state index in [1.54, 1.807) is 6.07 Å². The molecule has 0 atom stereocenters. The first kappa shape index (κ1) is 10.6. The lowest BCUT2D eigenvalue weighted by Gasteiger charge is -1.96. The fourth-order valence-electron chi connectivity index (χ4n) is 0.915. The van der Waals surface area contributed by atoms with Gasteiger partial charge in [-0.25, -0.2) is 9.18 Å². The fraction of sp³-hybridized carbons (Fsp3) is 0.111. The molecular weight excluding hydrogens is 205 g/mol. The van der Waals surface area contributed by atoms with Crippen molar-refractivity contribution in [2.45, 2.75) is 6.42 Å². The van der Waals surface area contributed by atoms with Gasteiger partial charge in [0.15, 0.2) is 0 Å². The van der Waals surface area contributed by atoms with Crippen LogP contribution in [0.25, 0.3) is 0 Å². The molecule has 0 aliphatic carbocycles. The SMILES string of the molecule is O=C=NSC(=O)Cc1cccc(F)c1. The van der Waals surface area contributed by atoms with Crippen molar-refractivity contribution in [2.24, 2.45) is 4.40 Å². The minimum absolute atomic E-state index is 0.0492. The van der Waals surface area contributed by atoms with E-state index in [0.717, 1.165) is 0 Å². The number of halogens is 1. The van der Waals surface area contributed by atoms with Crippen molar-refractivity contribution in [1.29, 1.82) is 0 Å². The third-order valence-corrected chi connectivity index (χ3v) is 1.94. The van der Waals surface area contributed by atoms with Crippen LogP contribution in [0.4, 0.5) is 4.39 Å². The summed E-state index contributed by atoms with van der Waals surface area (Å²) in [6.45, 7) is 0. The minimum atomic E-state index is -0.390. The van der Waals surface area contributed by atoms with Gasteiger partial charge in [0.05, 0.1) is 11.9 Å². The fourth-order valence-corrected chi connectivity index (χ4v) is 1.29. The Bertz CT molecular complexity index is 388. The summed E-state index contributed by atoms with van der Waals surface area (Å²) in [6.07, 6.45) is 1.29. The van der Waals surface area contributed by atoms with Crippen molar-refractivity contribution in [3.8, 4) is 0 Å². The predicted octanol–water partition coefficient (Wildman–Crippen LogP) is 1.88. The van der Waals surface area contributed by atoms with E-state index >= 15 is 0 Å².